The van der Waals surface area contributed by atoms with Gasteiger partial charge in [-0.25, -0.2) is 4.79 Å². The minimum absolute atomic E-state index is 0.320. The van der Waals surface area contributed by atoms with E-state index < -0.39 is 11.9 Å². The van der Waals surface area contributed by atoms with Crippen LogP contribution in [0, 0.1) is 0 Å². The van der Waals surface area contributed by atoms with Crippen molar-refractivity contribution in [1.29, 1.82) is 0 Å². The van der Waals surface area contributed by atoms with Gasteiger partial charge in [-0.1, -0.05) is 29.8 Å². The lowest BCUT2D eigenvalue weighted by atomic mass is 10.3. The monoisotopic (exact) mass is 365 g/mol. The maximum atomic E-state index is 11.8. The third-order valence-electron chi connectivity index (χ3n) is 2.90. The molecular formula is C17H16ClNO4S. The average Bonchev–Trinajstić information content (AvgIpc) is 2.59. The summed E-state index contributed by atoms with van der Waals surface area (Å²) in [5, 5.41) is 3.06. The minimum Gasteiger partial charge on any atom is -0.480 e. The van der Waals surface area contributed by atoms with Gasteiger partial charge in [0.1, 0.15) is 5.75 Å². The number of amides is 1. The highest BCUT2D eigenvalue weighted by atomic mass is 35.5. The maximum absolute atomic E-state index is 11.8. The highest BCUT2D eigenvalue weighted by Crippen LogP contribution is 2.23. The Labute approximate surface area is 149 Å². The number of hydrogen-bond donors (Lipinski definition) is 1. The van der Waals surface area contributed by atoms with Crippen molar-refractivity contribution in [2.45, 2.75) is 4.90 Å². The molecule has 0 aromatic heterocycles. The highest BCUT2D eigenvalue weighted by Gasteiger charge is 2.10. The molecule has 0 bridgehead atoms. The summed E-state index contributed by atoms with van der Waals surface area (Å²) in [6, 6.07) is 14.2. The molecule has 0 heterocycles. The molecule has 0 aliphatic rings. The van der Waals surface area contributed by atoms with Gasteiger partial charge in [-0.05, 0) is 36.6 Å². The molecule has 0 saturated heterocycles. The number of carbonyl (C=O) groups is 2. The van der Waals surface area contributed by atoms with Gasteiger partial charge in [0.25, 0.3) is 5.91 Å². The molecule has 0 spiro atoms. The molecule has 0 aliphatic carbocycles. The first-order chi connectivity index (χ1) is 11.6. The molecule has 1 N–H and O–H groups in total. The minimum atomic E-state index is -0.650. The van der Waals surface area contributed by atoms with Crippen LogP contribution in [-0.2, 0) is 14.3 Å². The molecule has 2 aromatic carbocycles. The number of anilines is 1. The van der Waals surface area contributed by atoms with Crippen molar-refractivity contribution in [1.82, 2.24) is 0 Å². The molecule has 0 unspecified atom stereocenters. The lowest BCUT2D eigenvalue weighted by Crippen LogP contribution is -2.23. The number of benzene rings is 2. The largest absolute Gasteiger partial charge is 0.480 e. The standard InChI is InChI=1S/C17H16ClNO4S/c1-24-13-6-4-5-12(9-13)19-16(20)10-23-17(21)11-22-15-8-3-2-7-14(15)18/h2-9H,10-11H2,1H3,(H,19,20). The third-order valence-corrected chi connectivity index (χ3v) is 3.94. The van der Waals surface area contributed by atoms with E-state index in [0.29, 0.717) is 16.5 Å². The van der Waals surface area contributed by atoms with Gasteiger partial charge < -0.3 is 14.8 Å². The van der Waals surface area contributed by atoms with Crippen molar-refractivity contribution in [3.05, 3.63) is 53.6 Å². The normalized spacial score (nSPS) is 10.1. The lowest BCUT2D eigenvalue weighted by molar-refractivity contribution is -0.149. The van der Waals surface area contributed by atoms with Crippen molar-refractivity contribution < 1.29 is 19.1 Å². The van der Waals surface area contributed by atoms with Crippen LogP contribution in [0.4, 0.5) is 5.69 Å². The van der Waals surface area contributed by atoms with E-state index >= 15 is 0 Å². The van der Waals surface area contributed by atoms with Crippen LogP contribution in [-0.4, -0.2) is 31.3 Å². The Balaban J connectivity index is 1.75. The van der Waals surface area contributed by atoms with Crippen LogP contribution in [0.5, 0.6) is 5.75 Å². The van der Waals surface area contributed by atoms with Gasteiger partial charge in [0.05, 0.1) is 5.02 Å². The summed E-state index contributed by atoms with van der Waals surface area (Å²) in [7, 11) is 0. The molecule has 0 radical (unpaired) electrons. The van der Waals surface area contributed by atoms with Crippen molar-refractivity contribution >= 4 is 40.9 Å². The number of nitrogens with one attached hydrogen (secondary N) is 1. The van der Waals surface area contributed by atoms with E-state index in [9.17, 15) is 9.59 Å². The Kier molecular flexibility index (Phi) is 6.96. The van der Waals surface area contributed by atoms with Crippen molar-refractivity contribution in [2.75, 3.05) is 24.8 Å². The van der Waals surface area contributed by atoms with Crippen LogP contribution < -0.4 is 10.1 Å². The summed E-state index contributed by atoms with van der Waals surface area (Å²) >= 11 is 7.48. The molecular weight excluding hydrogens is 350 g/mol. The second-order valence-corrected chi connectivity index (χ2v) is 5.95. The number of thioether (sulfide) groups is 1. The third kappa shape index (κ3) is 5.79. The average molecular weight is 366 g/mol. The Morgan fingerprint density at radius 3 is 2.67 bits per heavy atom. The molecule has 0 saturated carbocycles. The molecule has 7 heteroatoms. The lowest BCUT2D eigenvalue weighted by Gasteiger charge is -2.09. The van der Waals surface area contributed by atoms with Crippen molar-refractivity contribution in [2.24, 2.45) is 0 Å². The fourth-order valence-electron chi connectivity index (χ4n) is 1.78. The molecule has 2 rings (SSSR count). The molecule has 126 valence electrons. The quantitative estimate of drug-likeness (QED) is 0.599. The Morgan fingerprint density at radius 1 is 1.12 bits per heavy atom. The number of hydrogen-bond acceptors (Lipinski definition) is 5. The van der Waals surface area contributed by atoms with E-state index in [0.717, 1.165) is 4.90 Å². The first-order valence-corrected chi connectivity index (χ1v) is 8.65. The fraction of sp³-hybridized carbons (Fsp3) is 0.176. The SMILES string of the molecule is CSc1cccc(NC(=O)COC(=O)COc2ccccc2Cl)c1. The molecule has 2 aromatic rings. The van der Waals surface area contributed by atoms with E-state index in [1.165, 1.54) is 0 Å². The number of ether oxygens (including phenoxy) is 2. The first-order valence-electron chi connectivity index (χ1n) is 7.05. The maximum Gasteiger partial charge on any atom is 0.344 e. The van der Waals surface area contributed by atoms with Gasteiger partial charge >= 0.3 is 5.97 Å². The summed E-state index contributed by atoms with van der Waals surface area (Å²) in [5.74, 6) is -0.684. The van der Waals surface area contributed by atoms with E-state index in [4.69, 9.17) is 21.1 Å². The number of rotatable bonds is 7. The van der Waals surface area contributed by atoms with Gasteiger partial charge in [0, 0.05) is 10.6 Å². The smallest absolute Gasteiger partial charge is 0.344 e. The summed E-state index contributed by atoms with van der Waals surface area (Å²) in [5.41, 5.74) is 0.648. The second kappa shape index (κ2) is 9.20. The van der Waals surface area contributed by atoms with Crippen LogP contribution in [0.25, 0.3) is 0 Å². The van der Waals surface area contributed by atoms with Gasteiger partial charge in [-0.2, -0.15) is 0 Å². The zero-order valence-electron chi connectivity index (χ0n) is 13.0. The van der Waals surface area contributed by atoms with E-state index in [1.54, 1.807) is 42.1 Å². The zero-order chi connectivity index (χ0) is 17.4. The first kappa shape index (κ1) is 18.2. The topological polar surface area (TPSA) is 64.6 Å². The van der Waals surface area contributed by atoms with E-state index in [1.807, 2.05) is 24.5 Å². The summed E-state index contributed by atoms with van der Waals surface area (Å²) in [4.78, 5) is 24.4. The molecule has 5 nitrogen and oxygen atoms in total. The summed E-state index contributed by atoms with van der Waals surface area (Å²) in [6.45, 7) is -0.701. The number of para-hydroxylation sites is 1. The van der Waals surface area contributed by atoms with Crippen molar-refractivity contribution in [3.63, 3.8) is 0 Å². The predicted octanol–water partition coefficient (Wildman–Crippen LogP) is 3.62. The fourth-order valence-corrected chi connectivity index (χ4v) is 2.43. The molecule has 0 aliphatic heterocycles. The van der Waals surface area contributed by atoms with Gasteiger partial charge in [0.2, 0.25) is 0 Å². The van der Waals surface area contributed by atoms with Crippen LogP contribution in [0.3, 0.4) is 0 Å². The molecule has 1 amide bonds. The Bertz CT molecular complexity index is 723. The van der Waals surface area contributed by atoms with Gasteiger partial charge in [-0.3, -0.25) is 4.79 Å². The number of esters is 1. The van der Waals surface area contributed by atoms with E-state index in [-0.39, 0.29) is 13.2 Å². The summed E-state index contributed by atoms with van der Waals surface area (Å²) in [6.07, 6.45) is 1.95. The van der Waals surface area contributed by atoms with E-state index in [2.05, 4.69) is 5.32 Å². The van der Waals surface area contributed by atoms with Crippen LogP contribution in [0.1, 0.15) is 0 Å². The van der Waals surface area contributed by atoms with Crippen LogP contribution in [0.2, 0.25) is 5.02 Å². The van der Waals surface area contributed by atoms with Crippen LogP contribution in [0.15, 0.2) is 53.4 Å². The zero-order valence-corrected chi connectivity index (χ0v) is 14.5. The van der Waals surface area contributed by atoms with Gasteiger partial charge in [0.15, 0.2) is 13.2 Å². The Morgan fingerprint density at radius 2 is 1.92 bits per heavy atom. The Hall–Kier alpha value is -2.18. The van der Waals surface area contributed by atoms with Crippen molar-refractivity contribution in [3.8, 4) is 5.75 Å². The summed E-state index contributed by atoms with van der Waals surface area (Å²) < 4.78 is 10.1. The van der Waals surface area contributed by atoms with Crippen LogP contribution >= 0.6 is 23.4 Å². The number of carbonyl (C=O) groups excluding carboxylic acids is 2. The second-order valence-electron chi connectivity index (χ2n) is 4.66. The molecule has 24 heavy (non-hydrogen) atoms. The molecule has 0 fully saturated rings. The van der Waals surface area contributed by atoms with Gasteiger partial charge in [-0.15, -0.1) is 11.8 Å². The molecule has 0 atom stereocenters. The predicted molar refractivity (Wildman–Crippen MR) is 94.8 cm³/mol. The number of halogens is 1. The highest BCUT2D eigenvalue weighted by molar-refractivity contribution is 7.98.